The molecule has 174 valence electrons. The Labute approximate surface area is 194 Å². The lowest BCUT2D eigenvalue weighted by Gasteiger charge is -2.33. The smallest absolute Gasteiger partial charge is 0.254 e. The van der Waals surface area contributed by atoms with Crippen LogP contribution in [-0.2, 0) is 0 Å². The van der Waals surface area contributed by atoms with Crippen molar-refractivity contribution >= 4 is 28.3 Å². The molecule has 3 heterocycles. The van der Waals surface area contributed by atoms with Gasteiger partial charge in [0.05, 0.1) is 29.3 Å². The average molecular weight is 449 g/mol. The molecule has 0 radical (unpaired) electrons. The number of carbonyl (C=O) groups is 1. The Balaban J connectivity index is 1.51. The number of hydrogen-bond donors (Lipinski definition) is 2. The maximum atomic E-state index is 13.5. The van der Waals surface area contributed by atoms with Gasteiger partial charge in [0.2, 0.25) is 0 Å². The zero-order valence-electron chi connectivity index (χ0n) is 19.5. The molecule has 33 heavy (non-hydrogen) atoms. The van der Waals surface area contributed by atoms with Crippen LogP contribution < -0.4 is 16.2 Å². The van der Waals surface area contributed by atoms with Crippen LogP contribution in [0.2, 0.25) is 0 Å². The summed E-state index contributed by atoms with van der Waals surface area (Å²) in [6.45, 7) is 11.7. The van der Waals surface area contributed by atoms with Gasteiger partial charge in [-0.15, -0.1) is 0 Å². The molecule has 0 saturated carbocycles. The monoisotopic (exact) mass is 448 g/mol. The highest BCUT2D eigenvalue weighted by atomic mass is 16.5. The molecule has 1 aliphatic heterocycles. The van der Waals surface area contributed by atoms with Crippen molar-refractivity contribution in [1.29, 1.82) is 0 Å². The number of carbonyl (C=O) groups excluding carboxylic acids is 1. The molecule has 1 aliphatic rings. The highest BCUT2D eigenvalue weighted by Gasteiger charge is 2.27. The minimum Gasteiger partial charge on any atom is -0.492 e. The molecule has 1 amide bonds. The standard InChI is InChI=1S/C25H32N6O2/c1-15(2)31-24-20(12-28-31)19(11-16(3)29-24)25(32)30-10-6-7-18(13-30)14-33-22-9-5-8-21(27)23(22)17(4)26/h5,8-9,11-12,15,18H,4,6-7,10,13-14,26-27H2,1-3H3/t18-/m0/s1. The highest BCUT2D eigenvalue weighted by molar-refractivity contribution is 6.05. The van der Waals surface area contributed by atoms with Crippen LogP contribution in [0.25, 0.3) is 16.7 Å². The fraction of sp³-hybridized carbons (Fsp3) is 0.400. The molecule has 2 aromatic heterocycles. The summed E-state index contributed by atoms with van der Waals surface area (Å²) in [6.07, 6.45) is 3.66. The third-order valence-electron chi connectivity index (χ3n) is 6.07. The van der Waals surface area contributed by atoms with Crippen molar-refractivity contribution < 1.29 is 9.53 Å². The number of amides is 1. The number of nitrogen functional groups attached to an aromatic ring is 1. The van der Waals surface area contributed by atoms with Crippen LogP contribution in [-0.4, -0.2) is 45.3 Å². The maximum Gasteiger partial charge on any atom is 0.254 e. The Morgan fingerprint density at radius 1 is 1.36 bits per heavy atom. The summed E-state index contributed by atoms with van der Waals surface area (Å²) >= 11 is 0. The molecule has 0 spiro atoms. The number of aryl methyl sites for hydroxylation is 1. The van der Waals surface area contributed by atoms with Crippen LogP contribution in [0.1, 0.15) is 54.3 Å². The Morgan fingerprint density at radius 2 is 2.15 bits per heavy atom. The first-order valence-corrected chi connectivity index (χ1v) is 11.4. The molecule has 4 N–H and O–H groups in total. The Morgan fingerprint density at radius 3 is 2.88 bits per heavy atom. The van der Waals surface area contributed by atoms with Crippen molar-refractivity contribution in [3.63, 3.8) is 0 Å². The number of pyridine rings is 1. The molecular formula is C25H32N6O2. The van der Waals surface area contributed by atoms with E-state index in [2.05, 4.69) is 30.5 Å². The van der Waals surface area contributed by atoms with E-state index in [4.69, 9.17) is 16.2 Å². The van der Waals surface area contributed by atoms with Gasteiger partial charge in [-0.2, -0.15) is 5.10 Å². The molecule has 8 nitrogen and oxygen atoms in total. The molecular weight excluding hydrogens is 416 g/mol. The number of hydrogen-bond acceptors (Lipinski definition) is 6. The van der Waals surface area contributed by atoms with Crippen molar-refractivity contribution in [2.45, 2.75) is 39.7 Å². The lowest BCUT2D eigenvalue weighted by Crippen LogP contribution is -2.41. The number of benzene rings is 1. The lowest BCUT2D eigenvalue weighted by molar-refractivity contribution is 0.0635. The van der Waals surface area contributed by atoms with Crippen LogP contribution in [0.15, 0.2) is 37.0 Å². The number of fused-ring (bicyclic) bond motifs is 1. The summed E-state index contributed by atoms with van der Waals surface area (Å²) in [4.78, 5) is 20.1. The predicted octanol–water partition coefficient (Wildman–Crippen LogP) is 3.76. The van der Waals surface area contributed by atoms with E-state index in [-0.39, 0.29) is 17.9 Å². The fourth-order valence-corrected chi connectivity index (χ4v) is 4.47. The largest absolute Gasteiger partial charge is 0.492 e. The summed E-state index contributed by atoms with van der Waals surface area (Å²) in [5.74, 6) is 0.844. The SMILES string of the molecule is C=C(N)c1c(N)cccc1OC[C@H]1CCCN(C(=O)c2cc(C)nc3c2cnn3C(C)C)C1. The van der Waals surface area contributed by atoms with E-state index < -0.39 is 0 Å². The summed E-state index contributed by atoms with van der Waals surface area (Å²) in [7, 11) is 0. The van der Waals surface area contributed by atoms with Crippen LogP contribution in [0.5, 0.6) is 5.75 Å². The van der Waals surface area contributed by atoms with Crippen LogP contribution >= 0.6 is 0 Å². The zero-order chi connectivity index (χ0) is 23.7. The molecule has 1 aromatic carbocycles. The molecule has 4 rings (SSSR count). The molecule has 8 heteroatoms. The molecule has 1 saturated heterocycles. The predicted molar refractivity (Wildman–Crippen MR) is 131 cm³/mol. The molecule has 0 unspecified atom stereocenters. The molecule has 0 bridgehead atoms. The number of ether oxygens (including phenoxy) is 1. The van der Waals surface area contributed by atoms with Crippen molar-refractivity contribution in [3.8, 4) is 5.75 Å². The van der Waals surface area contributed by atoms with Gasteiger partial charge in [0.25, 0.3) is 5.91 Å². The first-order valence-electron chi connectivity index (χ1n) is 11.4. The molecule has 0 aliphatic carbocycles. The Kier molecular flexibility index (Phi) is 6.26. The second-order valence-corrected chi connectivity index (χ2v) is 9.05. The first-order chi connectivity index (χ1) is 15.8. The van der Waals surface area contributed by atoms with Gasteiger partial charge >= 0.3 is 0 Å². The number of aromatic nitrogens is 3. The van der Waals surface area contributed by atoms with Crippen LogP contribution in [0, 0.1) is 12.8 Å². The van der Waals surface area contributed by atoms with Crippen molar-refractivity contribution in [2.24, 2.45) is 11.7 Å². The topological polar surface area (TPSA) is 112 Å². The normalized spacial score (nSPS) is 16.4. The number of nitrogens with zero attached hydrogens (tertiary/aromatic N) is 4. The van der Waals surface area contributed by atoms with E-state index in [1.165, 1.54) is 0 Å². The van der Waals surface area contributed by atoms with Gasteiger partial charge in [0.15, 0.2) is 5.65 Å². The fourth-order valence-electron chi connectivity index (χ4n) is 4.47. The number of nitrogens with two attached hydrogens (primary N) is 2. The van der Waals surface area contributed by atoms with Gasteiger partial charge in [-0.25, -0.2) is 9.67 Å². The van der Waals surface area contributed by atoms with Gasteiger partial charge in [0.1, 0.15) is 5.75 Å². The van der Waals surface area contributed by atoms with E-state index in [1.54, 1.807) is 12.3 Å². The van der Waals surface area contributed by atoms with Crippen LogP contribution in [0.4, 0.5) is 5.69 Å². The van der Waals surface area contributed by atoms with Gasteiger partial charge in [0, 0.05) is 42.1 Å². The van der Waals surface area contributed by atoms with E-state index >= 15 is 0 Å². The summed E-state index contributed by atoms with van der Waals surface area (Å²) in [5, 5.41) is 5.26. The number of piperidine rings is 1. The highest BCUT2D eigenvalue weighted by Crippen LogP contribution is 2.30. The van der Waals surface area contributed by atoms with Crippen molar-refractivity contribution in [2.75, 3.05) is 25.4 Å². The van der Waals surface area contributed by atoms with E-state index in [0.29, 0.717) is 41.4 Å². The van der Waals surface area contributed by atoms with Gasteiger partial charge in [-0.3, -0.25) is 4.79 Å². The molecule has 1 fully saturated rings. The van der Waals surface area contributed by atoms with Gasteiger partial charge in [-0.05, 0) is 51.8 Å². The Hall–Kier alpha value is -3.55. The summed E-state index contributed by atoms with van der Waals surface area (Å²) in [6, 6.07) is 7.49. The number of rotatable bonds is 6. The van der Waals surface area contributed by atoms with Crippen molar-refractivity contribution in [3.05, 3.63) is 53.9 Å². The zero-order valence-corrected chi connectivity index (χ0v) is 19.5. The van der Waals surface area contributed by atoms with Gasteiger partial charge < -0.3 is 21.1 Å². The van der Waals surface area contributed by atoms with Crippen molar-refractivity contribution in [1.82, 2.24) is 19.7 Å². The number of likely N-dealkylation sites (tertiary alicyclic amines) is 1. The average Bonchev–Trinajstić information content (AvgIpc) is 3.20. The quantitative estimate of drug-likeness (QED) is 0.555. The van der Waals surface area contributed by atoms with E-state index in [9.17, 15) is 4.79 Å². The first kappa shape index (κ1) is 22.6. The third-order valence-corrected chi connectivity index (χ3v) is 6.07. The third kappa shape index (κ3) is 4.51. The minimum atomic E-state index is 0.0125. The summed E-state index contributed by atoms with van der Waals surface area (Å²) < 4.78 is 7.95. The van der Waals surface area contributed by atoms with E-state index in [1.807, 2.05) is 34.7 Å². The van der Waals surface area contributed by atoms with Crippen LogP contribution in [0.3, 0.4) is 0 Å². The van der Waals surface area contributed by atoms with E-state index in [0.717, 1.165) is 36.1 Å². The van der Waals surface area contributed by atoms with Gasteiger partial charge in [-0.1, -0.05) is 12.6 Å². The second kappa shape index (κ2) is 9.13. The maximum absolute atomic E-state index is 13.5. The minimum absolute atomic E-state index is 0.0125. The molecule has 3 aromatic rings. The lowest BCUT2D eigenvalue weighted by atomic mass is 9.97. The summed E-state index contributed by atoms with van der Waals surface area (Å²) in [5.41, 5.74) is 15.7. The second-order valence-electron chi connectivity index (χ2n) is 9.05. The molecule has 1 atom stereocenters. The Bertz CT molecular complexity index is 1200. The number of anilines is 1.